The Morgan fingerprint density at radius 1 is 1.04 bits per heavy atom. The Bertz CT molecular complexity index is 1040. The molecule has 4 nitrogen and oxygen atoms in total. The fourth-order valence-corrected chi connectivity index (χ4v) is 3.29. The molecule has 0 aliphatic carbocycles. The molecule has 1 aromatic heterocycles. The second kappa shape index (κ2) is 6.97. The van der Waals surface area contributed by atoms with Gasteiger partial charge in [0.05, 0.1) is 21.2 Å². The van der Waals surface area contributed by atoms with Crippen LogP contribution in [0.4, 0.5) is 19.0 Å². The van der Waals surface area contributed by atoms with Crippen molar-refractivity contribution in [3.8, 4) is 22.9 Å². The minimum absolute atomic E-state index is 0.00238. The van der Waals surface area contributed by atoms with E-state index in [0.29, 0.717) is 16.1 Å². The largest absolute Gasteiger partial charge is 0.416 e. The van der Waals surface area contributed by atoms with E-state index in [2.05, 4.69) is 5.10 Å². The summed E-state index contributed by atoms with van der Waals surface area (Å²) in [5, 5.41) is 13.3. The number of alkyl halides is 3. The van der Waals surface area contributed by atoms with Crippen LogP contribution in [0.2, 0.25) is 15.1 Å². The average molecular weight is 432 g/mol. The molecule has 10 heteroatoms. The molecule has 3 rings (SSSR count). The summed E-state index contributed by atoms with van der Waals surface area (Å²) in [4.78, 5) is 0. The molecule has 1 heterocycles. The minimum Gasteiger partial charge on any atom is -0.383 e. The van der Waals surface area contributed by atoms with Crippen LogP contribution in [0, 0.1) is 11.3 Å². The number of hydrogen-bond acceptors (Lipinski definition) is 3. The van der Waals surface area contributed by atoms with Gasteiger partial charge in [0, 0.05) is 5.02 Å². The van der Waals surface area contributed by atoms with Gasteiger partial charge >= 0.3 is 6.18 Å². The molecular formula is C17H8Cl3F3N4. The van der Waals surface area contributed by atoms with E-state index >= 15 is 0 Å². The molecule has 27 heavy (non-hydrogen) atoms. The highest BCUT2D eigenvalue weighted by Gasteiger charge is 2.33. The van der Waals surface area contributed by atoms with Gasteiger partial charge in [-0.3, -0.25) is 0 Å². The van der Waals surface area contributed by atoms with Gasteiger partial charge < -0.3 is 5.73 Å². The molecule has 0 amide bonds. The van der Waals surface area contributed by atoms with Crippen molar-refractivity contribution < 1.29 is 13.2 Å². The Labute approximate surface area is 166 Å². The van der Waals surface area contributed by atoms with E-state index in [1.54, 1.807) is 24.3 Å². The lowest BCUT2D eigenvalue weighted by Crippen LogP contribution is -2.08. The predicted molar refractivity (Wildman–Crippen MR) is 98.2 cm³/mol. The van der Waals surface area contributed by atoms with Crippen LogP contribution in [-0.4, -0.2) is 9.78 Å². The molecule has 0 spiro atoms. The van der Waals surface area contributed by atoms with Crippen LogP contribution in [0.3, 0.4) is 0 Å². The highest BCUT2D eigenvalue weighted by Crippen LogP contribution is 2.40. The lowest BCUT2D eigenvalue weighted by molar-refractivity contribution is -0.137. The average Bonchev–Trinajstić information content (AvgIpc) is 2.91. The molecule has 3 aromatic rings. The van der Waals surface area contributed by atoms with E-state index in [9.17, 15) is 18.4 Å². The zero-order valence-electron chi connectivity index (χ0n) is 13.2. The van der Waals surface area contributed by atoms with Crippen molar-refractivity contribution in [3.63, 3.8) is 0 Å². The number of nitrogens with zero attached hydrogens (tertiary/aromatic N) is 3. The van der Waals surface area contributed by atoms with Gasteiger partial charge in [-0.2, -0.15) is 23.5 Å². The van der Waals surface area contributed by atoms with Gasteiger partial charge in [-0.1, -0.05) is 46.9 Å². The number of aromatic nitrogens is 2. The molecule has 2 N–H and O–H groups in total. The number of rotatable bonds is 2. The third-order valence-corrected chi connectivity index (χ3v) is 4.54. The van der Waals surface area contributed by atoms with Crippen molar-refractivity contribution in [1.82, 2.24) is 9.78 Å². The topological polar surface area (TPSA) is 67.6 Å². The van der Waals surface area contributed by atoms with Crippen LogP contribution in [-0.2, 0) is 6.18 Å². The van der Waals surface area contributed by atoms with Crippen molar-refractivity contribution in [1.29, 1.82) is 5.26 Å². The van der Waals surface area contributed by atoms with Gasteiger partial charge in [-0.05, 0) is 29.8 Å². The molecule has 138 valence electrons. The third kappa shape index (κ3) is 3.56. The summed E-state index contributed by atoms with van der Waals surface area (Å²) in [5.74, 6) is -0.00238. The number of halogens is 6. The van der Waals surface area contributed by atoms with Crippen molar-refractivity contribution in [2.45, 2.75) is 6.18 Å². The van der Waals surface area contributed by atoms with Gasteiger partial charge in [-0.15, -0.1) is 0 Å². The molecule has 0 saturated heterocycles. The molecular weight excluding hydrogens is 424 g/mol. The molecule has 0 atom stereocenters. The van der Waals surface area contributed by atoms with E-state index in [1.807, 2.05) is 6.07 Å². The standard InChI is InChI=1S/C17H8Cl3F3N4/c18-10-3-1-8(2-4-10)14-13(7-24)26-27(16(14)25)15-11(19)5-9(6-12(15)20)17(21,22)23/h1-6H,25H2. The van der Waals surface area contributed by atoms with Crippen LogP contribution in [0.15, 0.2) is 36.4 Å². The lowest BCUT2D eigenvalue weighted by atomic mass is 10.1. The maximum Gasteiger partial charge on any atom is 0.416 e. The summed E-state index contributed by atoms with van der Waals surface area (Å²) < 4.78 is 39.8. The number of nitriles is 1. The maximum atomic E-state index is 12.9. The SMILES string of the molecule is N#Cc1nn(-c2c(Cl)cc(C(F)(F)F)cc2Cl)c(N)c1-c1ccc(Cl)cc1. The zero-order valence-corrected chi connectivity index (χ0v) is 15.4. The number of nitrogen functional groups attached to an aromatic ring is 1. The Morgan fingerprint density at radius 2 is 1.59 bits per heavy atom. The van der Waals surface area contributed by atoms with Crippen LogP contribution in [0.1, 0.15) is 11.3 Å². The molecule has 0 unspecified atom stereocenters. The Balaban J connectivity index is 2.23. The number of nitrogens with two attached hydrogens (primary N) is 1. The fourth-order valence-electron chi connectivity index (χ4n) is 2.51. The quantitative estimate of drug-likeness (QED) is 0.543. The van der Waals surface area contributed by atoms with Crippen molar-refractivity contribution in [3.05, 3.63) is 62.7 Å². The van der Waals surface area contributed by atoms with Gasteiger partial charge in [0.25, 0.3) is 0 Å². The first kappa shape index (κ1) is 19.4. The van der Waals surface area contributed by atoms with Crippen molar-refractivity contribution >= 4 is 40.6 Å². The van der Waals surface area contributed by atoms with Crippen molar-refractivity contribution in [2.24, 2.45) is 0 Å². The van der Waals surface area contributed by atoms with Crippen LogP contribution in [0.5, 0.6) is 0 Å². The highest BCUT2D eigenvalue weighted by molar-refractivity contribution is 6.38. The normalized spacial score (nSPS) is 11.4. The highest BCUT2D eigenvalue weighted by atomic mass is 35.5. The van der Waals surface area contributed by atoms with E-state index < -0.39 is 11.7 Å². The second-order valence-electron chi connectivity index (χ2n) is 5.43. The van der Waals surface area contributed by atoms with E-state index in [-0.39, 0.29) is 27.2 Å². The third-order valence-electron chi connectivity index (χ3n) is 3.72. The van der Waals surface area contributed by atoms with E-state index in [4.69, 9.17) is 40.5 Å². The van der Waals surface area contributed by atoms with Crippen LogP contribution in [0.25, 0.3) is 16.8 Å². The van der Waals surface area contributed by atoms with Gasteiger partial charge in [0.1, 0.15) is 17.6 Å². The van der Waals surface area contributed by atoms with Crippen molar-refractivity contribution in [2.75, 3.05) is 5.73 Å². The van der Waals surface area contributed by atoms with E-state index in [0.717, 1.165) is 16.8 Å². The summed E-state index contributed by atoms with van der Waals surface area (Å²) in [7, 11) is 0. The summed E-state index contributed by atoms with van der Waals surface area (Å²) in [6.07, 6.45) is -4.62. The molecule has 0 aliphatic rings. The first-order valence-corrected chi connectivity index (χ1v) is 8.38. The maximum absolute atomic E-state index is 12.9. The van der Waals surface area contributed by atoms with Crippen LogP contribution < -0.4 is 5.73 Å². The monoisotopic (exact) mass is 430 g/mol. The molecule has 0 saturated carbocycles. The molecule has 0 radical (unpaired) electrons. The summed E-state index contributed by atoms with van der Waals surface area (Å²) in [6.45, 7) is 0. The molecule has 2 aromatic carbocycles. The van der Waals surface area contributed by atoms with Crippen LogP contribution >= 0.6 is 34.8 Å². The Hall–Kier alpha value is -2.40. The number of hydrogen-bond donors (Lipinski definition) is 1. The number of anilines is 1. The molecule has 0 bridgehead atoms. The minimum atomic E-state index is -4.62. The smallest absolute Gasteiger partial charge is 0.383 e. The second-order valence-corrected chi connectivity index (χ2v) is 6.68. The summed E-state index contributed by atoms with van der Waals surface area (Å²) in [5.41, 5.74) is 5.86. The first-order chi connectivity index (χ1) is 12.6. The Kier molecular flexibility index (Phi) is 5.00. The Morgan fingerprint density at radius 3 is 2.07 bits per heavy atom. The van der Waals surface area contributed by atoms with E-state index in [1.165, 1.54) is 0 Å². The predicted octanol–water partition coefficient (Wildman–Crippen LogP) is 5.97. The first-order valence-electron chi connectivity index (χ1n) is 7.24. The summed E-state index contributed by atoms with van der Waals surface area (Å²) in [6, 6.07) is 9.82. The lowest BCUT2D eigenvalue weighted by Gasteiger charge is -2.13. The molecule has 0 aliphatic heterocycles. The van der Waals surface area contributed by atoms with Gasteiger partial charge in [0.2, 0.25) is 0 Å². The number of benzene rings is 2. The summed E-state index contributed by atoms with van der Waals surface area (Å²) >= 11 is 17.9. The van der Waals surface area contributed by atoms with Gasteiger partial charge in [-0.25, -0.2) is 4.68 Å². The molecule has 0 fully saturated rings. The van der Waals surface area contributed by atoms with Gasteiger partial charge in [0.15, 0.2) is 5.69 Å². The fraction of sp³-hybridized carbons (Fsp3) is 0.0588. The zero-order chi connectivity index (χ0) is 19.9.